The summed E-state index contributed by atoms with van der Waals surface area (Å²) in [4.78, 5) is 43.6. The molecule has 0 aliphatic carbocycles. The number of anilines is 3. The lowest BCUT2D eigenvalue weighted by molar-refractivity contribution is 0.0373. The lowest BCUT2D eigenvalue weighted by atomic mass is 9.99. The number of hydrogen-bond donors (Lipinski definition) is 4. The number of amides is 5. The molecular formula is C35H37N5O7. The van der Waals surface area contributed by atoms with Gasteiger partial charge in [-0.15, -0.1) is 0 Å². The topological polar surface area (TPSA) is 142 Å². The van der Waals surface area contributed by atoms with Gasteiger partial charge in [0.2, 0.25) is 6.79 Å². The first kappa shape index (κ1) is 31.5. The maximum Gasteiger partial charge on any atom is 0.323 e. The molecule has 2 heterocycles. The monoisotopic (exact) mass is 639 g/mol. The maximum absolute atomic E-state index is 13.8. The van der Waals surface area contributed by atoms with Crippen LogP contribution in [0.15, 0.2) is 78.9 Å². The number of benzene rings is 4. The highest BCUT2D eigenvalue weighted by Crippen LogP contribution is 2.36. The maximum atomic E-state index is 13.8. The molecule has 0 saturated heterocycles. The Bertz CT molecular complexity index is 1810. The van der Waals surface area contributed by atoms with E-state index in [0.717, 1.165) is 10.8 Å². The predicted octanol–water partition coefficient (Wildman–Crippen LogP) is 5.60. The lowest BCUT2D eigenvalue weighted by Crippen LogP contribution is -2.50. The van der Waals surface area contributed by atoms with Crippen molar-refractivity contribution in [1.29, 1.82) is 0 Å². The Hall–Kier alpha value is -5.49. The van der Waals surface area contributed by atoms with Gasteiger partial charge < -0.3 is 45.1 Å². The fourth-order valence-corrected chi connectivity index (χ4v) is 5.72. The summed E-state index contributed by atoms with van der Waals surface area (Å²) in [5.41, 5.74) is 1.69. The Morgan fingerprint density at radius 3 is 2.51 bits per heavy atom. The number of rotatable bonds is 7. The van der Waals surface area contributed by atoms with Crippen LogP contribution in [0.3, 0.4) is 0 Å². The molecule has 5 amide bonds. The number of aliphatic hydroxyl groups excluding tert-OH is 1. The molecule has 0 saturated carbocycles. The second-order valence-corrected chi connectivity index (χ2v) is 11.8. The molecule has 4 aromatic carbocycles. The van der Waals surface area contributed by atoms with Gasteiger partial charge in [-0.3, -0.25) is 4.79 Å². The van der Waals surface area contributed by atoms with E-state index in [9.17, 15) is 19.5 Å². The van der Waals surface area contributed by atoms with E-state index in [2.05, 4.69) is 16.0 Å². The van der Waals surface area contributed by atoms with E-state index >= 15 is 0 Å². The summed E-state index contributed by atoms with van der Waals surface area (Å²) < 4.78 is 17.3. The van der Waals surface area contributed by atoms with Gasteiger partial charge in [0, 0.05) is 36.7 Å². The Morgan fingerprint density at radius 2 is 1.68 bits per heavy atom. The number of carbonyl (C=O) groups is 3. The highest BCUT2D eigenvalue weighted by molar-refractivity contribution is 6.08. The Kier molecular flexibility index (Phi) is 9.03. The molecule has 12 heteroatoms. The molecule has 4 aromatic rings. The molecule has 3 atom stereocenters. The minimum atomic E-state index is -0.591. The smallest absolute Gasteiger partial charge is 0.323 e. The van der Waals surface area contributed by atoms with Crippen LogP contribution in [0.2, 0.25) is 0 Å². The number of urea groups is 2. The van der Waals surface area contributed by atoms with Gasteiger partial charge in [-0.2, -0.15) is 0 Å². The summed E-state index contributed by atoms with van der Waals surface area (Å²) in [6.07, 6.45) is -0.591. The van der Waals surface area contributed by atoms with Gasteiger partial charge in [-0.1, -0.05) is 49.4 Å². The van der Waals surface area contributed by atoms with Gasteiger partial charge in [-0.05, 0) is 42.6 Å². The number of ether oxygens (including phenoxy) is 3. The van der Waals surface area contributed by atoms with Crippen molar-refractivity contribution >= 4 is 45.8 Å². The number of likely N-dealkylation sites (N-methyl/N-ethyl adjacent to an activating group) is 1. The van der Waals surface area contributed by atoms with Crippen molar-refractivity contribution in [1.82, 2.24) is 9.80 Å². The average Bonchev–Trinajstić information content (AvgIpc) is 3.54. The van der Waals surface area contributed by atoms with Crippen LogP contribution >= 0.6 is 0 Å². The number of aliphatic hydroxyl groups is 1. The first-order valence-corrected chi connectivity index (χ1v) is 15.4. The van der Waals surface area contributed by atoms with Gasteiger partial charge in [0.25, 0.3) is 5.91 Å². The van der Waals surface area contributed by atoms with E-state index < -0.39 is 18.2 Å². The zero-order chi connectivity index (χ0) is 33.1. The zero-order valence-corrected chi connectivity index (χ0v) is 26.4. The van der Waals surface area contributed by atoms with Crippen molar-refractivity contribution in [2.24, 2.45) is 5.92 Å². The fourth-order valence-electron chi connectivity index (χ4n) is 5.72. The van der Waals surface area contributed by atoms with E-state index in [1.165, 1.54) is 4.90 Å². The summed E-state index contributed by atoms with van der Waals surface area (Å²) in [7, 11) is 1.65. The van der Waals surface area contributed by atoms with Crippen molar-refractivity contribution in [3.05, 3.63) is 84.4 Å². The molecule has 2 aliphatic rings. The van der Waals surface area contributed by atoms with Crippen LogP contribution < -0.4 is 30.2 Å². The van der Waals surface area contributed by atoms with E-state index in [-0.39, 0.29) is 61.3 Å². The molecule has 6 rings (SSSR count). The quantitative estimate of drug-likeness (QED) is 0.206. The molecule has 0 bridgehead atoms. The second kappa shape index (κ2) is 13.5. The first-order valence-electron chi connectivity index (χ1n) is 15.4. The number of nitrogens with zero attached hydrogens (tertiary/aromatic N) is 2. The van der Waals surface area contributed by atoms with Gasteiger partial charge in [0.05, 0.1) is 36.1 Å². The first-order chi connectivity index (χ1) is 22.7. The van der Waals surface area contributed by atoms with Crippen molar-refractivity contribution in [2.75, 3.05) is 49.5 Å². The van der Waals surface area contributed by atoms with Crippen molar-refractivity contribution in [2.45, 2.75) is 26.0 Å². The molecule has 0 aromatic heterocycles. The van der Waals surface area contributed by atoms with Gasteiger partial charge in [0.1, 0.15) is 6.10 Å². The SMILES string of the molecule is C[C@@H]1CN([C@@H](C)CO)C(=O)c2cccc(NC(=O)Nc3cccc4ccccc34)c2O[C@H]1CN(C)C(=O)Nc1ccc2c(c1)OCO2. The van der Waals surface area contributed by atoms with E-state index in [1.54, 1.807) is 55.3 Å². The number of fused-ring (bicyclic) bond motifs is 3. The molecule has 244 valence electrons. The number of hydrogen-bond acceptors (Lipinski definition) is 7. The Morgan fingerprint density at radius 1 is 0.957 bits per heavy atom. The largest absolute Gasteiger partial charge is 0.485 e. The fraction of sp³-hybridized carbons (Fsp3) is 0.286. The third kappa shape index (κ3) is 6.73. The van der Waals surface area contributed by atoms with Gasteiger partial charge >= 0.3 is 12.1 Å². The highest BCUT2D eigenvalue weighted by atomic mass is 16.7. The molecule has 0 spiro atoms. The minimum absolute atomic E-state index is 0.126. The highest BCUT2D eigenvalue weighted by Gasteiger charge is 2.35. The average molecular weight is 640 g/mol. The van der Waals surface area contributed by atoms with Crippen LogP contribution in [0.25, 0.3) is 10.8 Å². The van der Waals surface area contributed by atoms with Crippen molar-refractivity contribution in [3.63, 3.8) is 0 Å². The van der Waals surface area contributed by atoms with Crippen LogP contribution in [0.4, 0.5) is 26.7 Å². The summed E-state index contributed by atoms with van der Waals surface area (Å²) in [6.45, 7) is 4.02. The van der Waals surface area contributed by atoms with Gasteiger partial charge in [0.15, 0.2) is 17.2 Å². The molecule has 0 fully saturated rings. The zero-order valence-electron chi connectivity index (χ0n) is 26.4. The Balaban J connectivity index is 1.25. The molecule has 4 N–H and O–H groups in total. The van der Waals surface area contributed by atoms with Crippen LogP contribution in [0, 0.1) is 5.92 Å². The molecule has 0 unspecified atom stereocenters. The molecule has 12 nitrogen and oxygen atoms in total. The second-order valence-electron chi connectivity index (χ2n) is 11.8. The van der Waals surface area contributed by atoms with E-state index in [0.29, 0.717) is 22.9 Å². The van der Waals surface area contributed by atoms with Crippen LogP contribution in [-0.4, -0.2) is 78.6 Å². The van der Waals surface area contributed by atoms with Crippen LogP contribution in [0.5, 0.6) is 17.2 Å². The predicted molar refractivity (Wildman–Crippen MR) is 178 cm³/mol. The van der Waals surface area contributed by atoms with E-state index in [4.69, 9.17) is 14.2 Å². The van der Waals surface area contributed by atoms with E-state index in [1.807, 2.05) is 49.4 Å². The third-order valence-electron chi connectivity index (χ3n) is 8.40. The summed E-state index contributed by atoms with van der Waals surface area (Å²) >= 11 is 0. The summed E-state index contributed by atoms with van der Waals surface area (Å²) in [6, 6.07) is 22.1. The van der Waals surface area contributed by atoms with Crippen molar-refractivity contribution in [3.8, 4) is 17.2 Å². The molecule has 47 heavy (non-hydrogen) atoms. The number of nitrogens with one attached hydrogen (secondary N) is 3. The lowest BCUT2D eigenvalue weighted by Gasteiger charge is -2.38. The molecule has 2 aliphatic heterocycles. The molecular weight excluding hydrogens is 602 g/mol. The Labute approximate surface area is 272 Å². The third-order valence-corrected chi connectivity index (χ3v) is 8.40. The van der Waals surface area contributed by atoms with Crippen LogP contribution in [0.1, 0.15) is 24.2 Å². The normalized spacial score (nSPS) is 17.5. The minimum Gasteiger partial charge on any atom is -0.485 e. The van der Waals surface area contributed by atoms with Gasteiger partial charge in [-0.25, -0.2) is 9.59 Å². The summed E-state index contributed by atoms with van der Waals surface area (Å²) in [5.74, 6) is 0.740. The van der Waals surface area contributed by atoms with Crippen LogP contribution in [-0.2, 0) is 0 Å². The summed E-state index contributed by atoms with van der Waals surface area (Å²) in [5, 5.41) is 20.5. The number of carbonyl (C=O) groups excluding carboxylic acids is 3. The van der Waals surface area contributed by atoms with Crippen molar-refractivity contribution < 1.29 is 33.7 Å². The molecule has 0 radical (unpaired) electrons. The number of para-hydroxylation sites is 1. The standard InChI is InChI=1S/C35H37N5O7/c1-21-17-40(22(2)19-41)33(42)26-11-7-13-28(38-34(43)37-27-12-6-9-23-8-4-5-10-25(23)27)32(26)47-31(21)18-39(3)35(44)36-24-14-15-29-30(16-24)46-20-45-29/h4-16,21-22,31,41H,17-20H2,1-3H3,(H,36,44)(H2,37,38,43)/t21-,22+,31+/m1/s1.